The Hall–Kier alpha value is 0.920. The maximum Gasteiger partial charge on any atom is 0.244 e. The molecule has 0 amide bonds. The first-order valence-electron chi connectivity index (χ1n) is 2.80. The van der Waals surface area contributed by atoms with E-state index in [2.05, 4.69) is 12.2 Å². The summed E-state index contributed by atoms with van der Waals surface area (Å²) in [6, 6.07) is 0. The number of hydrogen-bond acceptors (Lipinski definition) is 3. The van der Waals surface area contributed by atoms with E-state index in [1.165, 1.54) is 0 Å². The fourth-order valence-corrected chi connectivity index (χ4v) is 2.77. The van der Waals surface area contributed by atoms with Crippen LogP contribution in [0.1, 0.15) is 13.3 Å². The minimum absolute atomic E-state index is 0.188. The van der Waals surface area contributed by atoms with Crippen molar-refractivity contribution in [3.8, 4) is 0 Å². The molecule has 1 aliphatic rings. The summed E-state index contributed by atoms with van der Waals surface area (Å²) >= 11 is 8.93. The van der Waals surface area contributed by atoms with Gasteiger partial charge in [0, 0.05) is 0 Å². The van der Waals surface area contributed by atoms with E-state index in [4.69, 9.17) is 20.9 Å². The molecule has 9 heavy (non-hydrogen) atoms. The monoisotopic (exact) mass is 184 g/mol. The Kier molecular flexibility index (Phi) is 2.57. The summed E-state index contributed by atoms with van der Waals surface area (Å²) in [5.41, 5.74) is -2.09. The maximum atomic E-state index is 5.27. The molecular formula is C4H9O2PS2. The highest BCUT2D eigenvalue weighted by atomic mass is 32.9. The third-order valence-corrected chi connectivity index (χ3v) is 3.40. The minimum atomic E-state index is -2.09. The fourth-order valence-electron chi connectivity index (χ4n) is 0.619. The van der Waals surface area contributed by atoms with Gasteiger partial charge in [0.05, 0.1) is 12.7 Å². The van der Waals surface area contributed by atoms with Gasteiger partial charge in [-0.05, 0) is 18.2 Å². The Bertz CT molecular complexity index is 150. The zero-order valence-corrected chi connectivity index (χ0v) is 7.72. The molecule has 0 aromatic heterocycles. The highest BCUT2D eigenvalue weighted by Gasteiger charge is 2.27. The van der Waals surface area contributed by atoms with Crippen LogP contribution in [0.3, 0.4) is 0 Å². The van der Waals surface area contributed by atoms with E-state index in [-0.39, 0.29) is 6.10 Å². The summed E-state index contributed by atoms with van der Waals surface area (Å²) in [5.74, 6) is 0. The SMILES string of the molecule is CCC1COP(=S)(S)O1. The second-order valence-electron chi connectivity index (χ2n) is 1.90. The third kappa shape index (κ3) is 2.20. The molecule has 1 rings (SSSR count). The average molecular weight is 184 g/mol. The van der Waals surface area contributed by atoms with Gasteiger partial charge < -0.3 is 9.05 Å². The molecule has 0 N–H and O–H groups in total. The van der Waals surface area contributed by atoms with Crippen molar-refractivity contribution in [2.45, 2.75) is 19.4 Å². The average Bonchev–Trinajstić information content (AvgIpc) is 2.10. The third-order valence-electron chi connectivity index (χ3n) is 1.16. The number of rotatable bonds is 1. The van der Waals surface area contributed by atoms with Crippen LogP contribution in [0.15, 0.2) is 0 Å². The molecule has 1 heterocycles. The summed E-state index contributed by atoms with van der Waals surface area (Å²) in [4.78, 5) is 0. The van der Waals surface area contributed by atoms with Crippen molar-refractivity contribution in [2.75, 3.05) is 6.61 Å². The van der Waals surface area contributed by atoms with Gasteiger partial charge in [0.15, 0.2) is 0 Å². The lowest BCUT2D eigenvalue weighted by Crippen LogP contribution is -2.05. The lowest BCUT2D eigenvalue weighted by Gasteiger charge is -2.05. The van der Waals surface area contributed by atoms with Crippen LogP contribution in [-0.4, -0.2) is 12.7 Å². The van der Waals surface area contributed by atoms with Crippen LogP contribution in [0.2, 0.25) is 0 Å². The second-order valence-corrected chi connectivity index (χ2v) is 7.14. The molecule has 1 fully saturated rings. The zero-order chi connectivity index (χ0) is 6.91. The molecule has 0 spiro atoms. The lowest BCUT2D eigenvalue weighted by molar-refractivity contribution is 0.235. The van der Waals surface area contributed by atoms with E-state index in [1.54, 1.807) is 0 Å². The van der Waals surface area contributed by atoms with Crippen molar-refractivity contribution >= 4 is 29.7 Å². The van der Waals surface area contributed by atoms with E-state index >= 15 is 0 Å². The van der Waals surface area contributed by atoms with Crippen LogP contribution in [0.5, 0.6) is 0 Å². The van der Waals surface area contributed by atoms with Gasteiger partial charge in [-0.15, -0.1) is 0 Å². The number of thiol groups is 1. The predicted octanol–water partition coefficient (Wildman–Crippen LogP) is 1.97. The van der Waals surface area contributed by atoms with Crippen LogP contribution in [0, 0.1) is 0 Å². The van der Waals surface area contributed by atoms with E-state index < -0.39 is 5.69 Å². The molecule has 2 atom stereocenters. The molecule has 0 aromatic rings. The van der Waals surface area contributed by atoms with Crippen molar-refractivity contribution in [1.29, 1.82) is 0 Å². The Morgan fingerprint density at radius 2 is 2.56 bits per heavy atom. The van der Waals surface area contributed by atoms with Crippen LogP contribution in [-0.2, 0) is 20.9 Å². The first-order valence-corrected chi connectivity index (χ1v) is 6.59. The Morgan fingerprint density at radius 3 is 2.78 bits per heavy atom. The van der Waals surface area contributed by atoms with Gasteiger partial charge in [-0.1, -0.05) is 19.2 Å². The minimum Gasteiger partial charge on any atom is -0.319 e. The standard InChI is InChI=1S/C4H9O2PS2/c1-2-4-3-5-7(8,9)6-4/h4H,2-3H2,1H3,(H,8,9). The summed E-state index contributed by atoms with van der Waals surface area (Å²) in [6.07, 6.45) is 1.15. The Labute approximate surface area is 65.3 Å². The molecular weight excluding hydrogens is 175 g/mol. The molecule has 2 nitrogen and oxygen atoms in total. The van der Waals surface area contributed by atoms with Gasteiger partial charge in [0.25, 0.3) is 0 Å². The smallest absolute Gasteiger partial charge is 0.244 e. The van der Waals surface area contributed by atoms with E-state index in [9.17, 15) is 0 Å². The molecule has 0 radical (unpaired) electrons. The van der Waals surface area contributed by atoms with Gasteiger partial charge in [0.1, 0.15) is 0 Å². The van der Waals surface area contributed by atoms with Gasteiger partial charge >= 0.3 is 0 Å². The fraction of sp³-hybridized carbons (Fsp3) is 1.00. The van der Waals surface area contributed by atoms with Gasteiger partial charge in [-0.25, -0.2) is 0 Å². The summed E-state index contributed by atoms with van der Waals surface area (Å²) < 4.78 is 10.4. The van der Waals surface area contributed by atoms with Gasteiger partial charge in [-0.3, -0.25) is 0 Å². The normalized spacial score (nSPS) is 43.6. The molecule has 54 valence electrons. The molecule has 0 saturated carbocycles. The first kappa shape index (κ1) is 8.02. The molecule has 0 aromatic carbocycles. The van der Waals surface area contributed by atoms with Crippen molar-refractivity contribution < 1.29 is 9.05 Å². The summed E-state index contributed by atoms with van der Waals surface area (Å²) in [7, 11) is 0. The highest BCUT2D eigenvalue weighted by molar-refractivity contribution is 8.60. The van der Waals surface area contributed by atoms with Crippen molar-refractivity contribution in [3.05, 3.63) is 0 Å². The molecule has 0 bridgehead atoms. The van der Waals surface area contributed by atoms with Crippen LogP contribution >= 0.6 is 17.9 Å². The topological polar surface area (TPSA) is 18.5 Å². The molecule has 2 unspecified atom stereocenters. The first-order chi connectivity index (χ1) is 4.14. The van der Waals surface area contributed by atoms with Crippen LogP contribution in [0.25, 0.3) is 0 Å². The van der Waals surface area contributed by atoms with Crippen LogP contribution in [0.4, 0.5) is 0 Å². The van der Waals surface area contributed by atoms with Gasteiger partial charge in [0.2, 0.25) is 5.69 Å². The van der Waals surface area contributed by atoms with E-state index in [1.807, 2.05) is 6.92 Å². The molecule has 1 saturated heterocycles. The lowest BCUT2D eigenvalue weighted by atomic mass is 10.3. The number of hydrogen-bond donors (Lipinski definition) is 1. The Morgan fingerprint density at radius 1 is 1.89 bits per heavy atom. The molecule has 1 aliphatic heterocycles. The van der Waals surface area contributed by atoms with E-state index in [0.29, 0.717) is 6.61 Å². The summed E-state index contributed by atoms with van der Waals surface area (Å²) in [5, 5.41) is 0. The van der Waals surface area contributed by atoms with Crippen molar-refractivity contribution in [2.24, 2.45) is 0 Å². The molecule has 0 aliphatic carbocycles. The van der Waals surface area contributed by atoms with E-state index in [0.717, 1.165) is 6.42 Å². The van der Waals surface area contributed by atoms with Crippen LogP contribution < -0.4 is 0 Å². The highest BCUT2D eigenvalue weighted by Crippen LogP contribution is 2.58. The summed E-state index contributed by atoms with van der Waals surface area (Å²) in [6.45, 7) is 2.67. The van der Waals surface area contributed by atoms with Gasteiger partial charge in [-0.2, -0.15) is 0 Å². The zero-order valence-electron chi connectivity index (χ0n) is 5.11. The van der Waals surface area contributed by atoms with Crippen molar-refractivity contribution in [3.63, 3.8) is 0 Å². The molecule has 5 heteroatoms. The second kappa shape index (κ2) is 2.89. The quantitative estimate of drug-likeness (QED) is 0.496. The maximum absolute atomic E-state index is 5.27. The predicted molar refractivity (Wildman–Crippen MR) is 44.4 cm³/mol. The largest absolute Gasteiger partial charge is 0.319 e. The van der Waals surface area contributed by atoms with Crippen molar-refractivity contribution in [1.82, 2.24) is 0 Å². The Balaban J connectivity index is 2.47.